The van der Waals surface area contributed by atoms with Gasteiger partial charge in [-0.3, -0.25) is 0 Å². The lowest BCUT2D eigenvalue weighted by Gasteiger charge is -2.28. The number of nitrogens with two attached hydrogens (primary N) is 1. The fourth-order valence-corrected chi connectivity index (χ4v) is 2.09. The van der Waals surface area contributed by atoms with Crippen LogP contribution in [0.1, 0.15) is 47.1 Å². The van der Waals surface area contributed by atoms with E-state index in [1.807, 2.05) is 0 Å². The van der Waals surface area contributed by atoms with Gasteiger partial charge in [0.2, 0.25) is 0 Å². The van der Waals surface area contributed by atoms with Gasteiger partial charge in [-0.15, -0.1) is 6.42 Å². The summed E-state index contributed by atoms with van der Waals surface area (Å²) in [5.74, 6) is 2.53. The molecule has 29 heavy (non-hydrogen) atoms. The minimum atomic E-state index is -0.791. The fourth-order valence-electron chi connectivity index (χ4n) is 2.09. The SMILES string of the molecule is C#CCN=C(N)Nc1cccc(CN(C(=O)OC(C)(C)C)C(=O)OC(C)(C)C)c1. The highest BCUT2D eigenvalue weighted by Gasteiger charge is 2.31. The molecule has 1 aromatic rings. The predicted molar refractivity (Wildman–Crippen MR) is 113 cm³/mol. The van der Waals surface area contributed by atoms with E-state index in [1.54, 1.807) is 65.8 Å². The molecule has 3 N–H and O–H groups in total. The molecule has 0 spiro atoms. The number of amides is 2. The quantitative estimate of drug-likeness (QED) is 0.452. The summed E-state index contributed by atoms with van der Waals surface area (Å²) in [4.78, 5) is 30.1. The third-order valence-electron chi connectivity index (χ3n) is 3.11. The first-order chi connectivity index (χ1) is 13.3. The minimum absolute atomic E-state index is 0.0409. The summed E-state index contributed by atoms with van der Waals surface area (Å²) in [6.45, 7) is 10.5. The molecule has 0 aliphatic rings. The van der Waals surface area contributed by atoms with Gasteiger partial charge in [0.05, 0.1) is 6.54 Å². The van der Waals surface area contributed by atoms with Gasteiger partial charge in [-0.25, -0.2) is 19.5 Å². The molecule has 0 heterocycles. The minimum Gasteiger partial charge on any atom is -0.443 e. The van der Waals surface area contributed by atoms with Crippen molar-refractivity contribution in [3.05, 3.63) is 29.8 Å². The van der Waals surface area contributed by atoms with Gasteiger partial charge in [0, 0.05) is 5.69 Å². The number of rotatable bonds is 4. The topological polar surface area (TPSA) is 106 Å². The van der Waals surface area contributed by atoms with Gasteiger partial charge in [0.15, 0.2) is 5.96 Å². The maximum Gasteiger partial charge on any atom is 0.420 e. The Labute approximate surface area is 172 Å². The number of aliphatic imine (C=N–C) groups is 1. The summed E-state index contributed by atoms with van der Waals surface area (Å²) in [6.07, 6.45) is 3.58. The molecule has 0 atom stereocenters. The second kappa shape index (κ2) is 9.82. The Morgan fingerprint density at radius 2 is 1.69 bits per heavy atom. The van der Waals surface area contributed by atoms with Gasteiger partial charge in [0.1, 0.15) is 17.7 Å². The van der Waals surface area contributed by atoms with E-state index in [4.69, 9.17) is 21.6 Å². The molecule has 1 aromatic carbocycles. The molecular formula is C21H30N4O4. The Morgan fingerprint density at radius 3 is 2.17 bits per heavy atom. The number of nitrogens with one attached hydrogen (secondary N) is 1. The average molecular weight is 402 g/mol. The van der Waals surface area contributed by atoms with E-state index in [2.05, 4.69) is 16.2 Å². The molecule has 0 aliphatic heterocycles. The molecule has 158 valence electrons. The Bertz CT molecular complexity index is 770. The van der Waals surface area contributed by atoms with E-state index in [-0.39, 0.29) is 19.0 Å². The number of ether oxygens (including phenoxy) is 2. The Balaban J connectivity index is 3.06. The van der Waals surface area contributed by atoms with Crippen LogP contribution in [-0.4, -0.2) is 40.8 Å². The lowest BCUT2D eigenvalue weighted by atomic mass is 10.2. The third kappa shape index (κ3) is 9.51. The van der Waals surface area contributed by atoms with E-state index >= 15 is 0 Å². The van der Waals surface area contributed by atoms with Crippen molar-refractivity contribution in [3.8, 4) is 12.3 Å². The zero-order valence-corrected chi connectivity index (χ0v) is 17.9. The van der Waals surface area contributed by atoms with Crippen LogP contribution >= 0.6 is 0 Å². The van der Waals surface area contributed by atoms with Gasteiger partial charge in [0.25, 0.3) is 0 Å². The van der Waals surface area contributed by atoms with E-state index < -0.39 is 23.4 Å². The van der Waals surface area contributed by atoms with Crippen molar-refractivity contribution in [2.45, 2.75) is 59.3 Å². The number of guanidine groups is 1. The normalized spacial score (nSPS) is 12.0. The summed E-state index contributed by atoms with van der Waals surface area (Å²) in [7, 11) is 0. The van der Waals surface area contributed by atoms with Crippen molar-refractivity contribution in [2.24, 2.45) is 10.7 Å². The van der Waals surface area contributed by atoms with Gasteiger partial charge in [-0.2, -0.15) is 0 Å². The number of hydrogen-bond acceptors (Lipinski definition) is 5. The van der Waals surface area contributed by atoms with Gasteiger partial charge < -0.3 is 20.5 Å². The monoisotopic (exact) mass is 402 g/mol. The fraction of sp³-hybridized carbons (Fsp3) is 0.476. The lowest BCUT2D eigenvalue weighted by Crippen LogP contribution is -2.43. The van der Waals surface area contributed by atoms with E-state index in [9.17, 15) is 9.59 Å². The van der Waals surface area contributed by atoms with Crippen molar-refractivity contribution in [3.63, 3.8) is 0 Å². The Morgan fingerprint density at radius 1 is 1.14 bits per heavy atom. The number of terminal acetylenes is 1. The van der Waals surface area contributed by atoms with Gasteiger partial charge >= 0.3 is 12.2 Å². The highest BCUT2D eigenvalue weighted by molar-refractivity contribution is 5.92. The molecule has 8 heteroatoms. The van der Waals surface area contributed by atoms with Crippen LogP contribution in [0.15, 0.2) is 29.3 Å². The summed E-state index contributed by atoms with van der Waals surface area (Å²) in [5.41, 5.74) is 5.54. The number of nitrogens with zero attached hydrogens (tertiary/aromatic N) is 2. The van der Waals surface area contributed by atoms with Gasteiger partial charge in [-0.1, -0.05) is 18.1 Å². The summed E-state index contributed by atoms with van der Waals surface area (Å²) < 4.78 is 10.7. The van der Waals surface area contributed by atoms with Crippen LogP contribution in [0.3, 0.4) is 0 Å². The number of benzene rings is 1. The molecule has 2 amide bonds. The highest BCUT2D eigenvalue weighted by atomic mass is 16.6. The number of carbonyl (C=O) groups is 2. The van der Waals surface area contributed by atoms with Crippen LogP contribution < -0.4 is 11.1 Å². The maximum absolute atomic E-state index is 12.6. The molecule has 1 rings (SSSR count). The van der Waals surface area contributed by atoms with Crippen LogP contribution in [0, 0.1) is 12.3 Å². The first-order valence-corrected chi connectivity index (χ1v) is 9.13. The van der Waals surface area contributed by atoms with Crippen LogP contribution in [0.4, 0.5) is 15.3 Å². The predicted octanol–water partition coefficient (Wildman–Crippen LogP) is 3.72. The molecule has 0 aromatic heterocycles. The standard InChI is InChI=1S/C21H30N4O4/c1-8-12-23-17(22)24-16-11-9-10-15(13-16)14-25(18(26)28-20(2,3)4)19(27)29-21(5,6)7/h1,9-11,13H,12,14H2,2-7H3,(H3,22,23,24). The van der Waals surface area contributed by atoms with Crippen molar-refractivity contribution >= 4 is 23.8 Å². The second-order valence-electron chi connectivity index (χ2n) is 8.28. The van der Waals surface area contributed by atoms with Crippen molar-refractivity contribution in [1.82, 2.24) is 4.90 Å². The number of hydrogen-bond donors (Lipinski definition) is 2. The zero-order valence-electron chi connectivity index (χ0n) is 17.9. The highest BCUT2D eigenvalue weighted by Crippen LogP contribution is 2.18. The van der Waals surface area contributed by atoms with Crippen LogP contribution in [0.2, 0.25) is 0 Å². The first kappa shape index (κ1) is 23.8. The lowest BCUT2D eigenvalue weighted by molar-refractivity contribution is -0.000246. The molecule has 0 saturated heterocycles. The summed E-state index contributed by atoms with van der Waals surface area (Å²) in [6, 6.07) is 7.03. The smallest absolute Gasteiger partial charge is 0.420 e. The Kier molecular flexibility index (Phi) is 8.07. The number of carbonyl (C=O) groups excluding carboxylic acids is 2. The largest absolute Gasteiger partial charge is 0.443 e. The maximum atomic E-state index is 12.6. The molecule has 0 bridgehead atoms. The third-order valence-corrected chi connectivity index (χ3v) is 3.11. The van der Waals surface area contributed by atoms with E-state index in [1.165, 1.54) is 0 Å². The first-order valence-electron chi connectivity index (χ1n) is 9.13. The van der Waals surface area contributed by atoms with Crippen molar-refractivity contribution < 1.29 is 19.1 Å². The molecule has 0 radical (unpaired) electrons. The molecular weight excluding hydrogens is 372 g/mol. The average Bonchev–Trinajstić information content (AvgIpc) is 2.55. The number of imide groups is 1. The van der Waals surface area contributed by atoms with Crippen LogP contribution in [0.5, 0.6) is 0 Å². The molecule has 0 saturated carbocycles. The summed E-state index contributed by atoms with van der Waals surface area (Å²) in [5, 5.41) is 2.91. The van der Waals surface area contributed by atoms with Crippen molar-refractivity contribution in [1.29, 1.82) is 0 Å². The van der Waals surface area contributed by atoms with Crippen LogP contribution in [0.25, 0.3) is 0 Å². The number of anilines is 1. The summed E-state index contributed by atoms with van der Waals surface area (Å²) >= 11 is 0. The van der Waals surface area contributed by atoms with Crippen molar-refractivity contribution in [2.75, 3.05) is 11.9 Å². The van der Waals surface area contributed by atoms with Gasteiger partial charge in [-0.05, 0) is 59.2 Å². The molecule has 8 nitrogen and oxygen atoms in total. The van der Waals surface area contributed by atoms with E-state index in [0.29, 0.717) is 11.3 Å². The molecule has 0 unspecified atom stereocenters. The zero-order chi connectivity index (χ0) is 22.2. The second-order valence-corrected chi connectivity index (χ2v) is 8.28. The molecule has 0 fully saturated rings. The Hall–Kier alpha value is -3.21. The van der Waals surface area contributed by atoms with Crippen LogP contribution in [-0.2, 0) is 16.0 Å². The molecule has 0 aliphatic carbocycles. The van der Waals surface area contributed by atoms with E-state index in [0.717, 1.165) is 4.90 Å².